The molecular weight excluding hydrogens is 472 g/mol. The molecule has 0 amide bonds. The van der Waals surface area contributed by atoms with Crippen molar-refractivity contribution in [3.05, 3.63) is 96.2 Å². The van der Waals surface area contributed by atoms with Crippen molar-refractivity contribution in [2.75, 3.05) is 13.2 Å². The first kappa shape index (κ1) is 25.2. The first-order valence-corrected chi connectivity index (χ1v) is 12.6. The number of thiazole rings is 1. The Bertz CT molecular complexity index is 1520. The fourth-order valence-electron chi connectivity index (χ4n) is 4.11. The van der Waals surface area contributed by atoms with E-state index in [-0.39, 0.29) is 18.8 Å². The van der Waals surface area contributed by atoms with Crippen LogP contribution in [0.3, 0.4) is 0 Å². The van der Waals surface area contributed by atoms with Crippen LogP contribution in [0.5, 0.6) is 5.75 Å². The molecule has 0 saturated heterocycles. The number of nitrogens with zero attached hydrogens (tertiary/aromatic N) is 2. The number of ether oxygens (including phenoxy) is 2. The number of carbonyl (C=O) groups is 1. The van der Waals surface area contributed by atoms with Crippen LogP contribution in [-0.4, -0.2) is 23.8 Å². The molecule has 0 aliphatic carbocycles. The molecule has 184 valence electrons. The molecule has 36 heavy (non-hydrogen) atoms. The molecule has 1 aliphatic rings. The van der Waals surface area contributed by atoms with E-state index in [1.807, 2.05) is 54.6 Å². The number of esters is 1. The average molecular weight is 501 g/mol. The summed E-state index contributed by atoms with van der Waals surface area (Å²) in [5.41, 5.74) is 3.57. The van der Waals surface area contributed by atoms with Crippen LogP contribution in [0.2, 0.25) is 0 Å². The van der Waals surface area contributed by atoms with Crippen molar-refractivity contribution in [3.8, 4) is 18.1 Å². The molecule has 7 heteroatoms. The number of hydrogen-bond donors (Lipinski definition) is 0. The Morgan fingerprint density at radius 3 is 2.50 bits per heavy atom. The Morgan fingerprint density at radius 1 is 1.19 bits per heavy atom. The van der Waals surface area contributed by atoms with Crippen LogP contribution in [0.25, 0.3) is 6.08 Å². The summed E-state index contributed by atoms with van der Waals surface area (Å²) < 4.78 is 12.9. The van der Waals surface area contributed by atoms with Gasteiger partial charge in [0.2, 0.25) is 0 Å². The van der Waals surface area contributed by atoms with Gasteiger partial charge in [-0.05, 0) is 54.7 Å². The Balaban J connectivity index is 1.84. The minimum absolute atomic E-state index is 0.193. The lowest BCUT2D eigenvalue weighted by atomic mass is 9.93. The maximum absolute atomic E-state index is 13.7. The lowest BCUT2D eigenvalue weighted by Crippen LogP contribution is -2.39. The van der Waals surface area contributed by atoms with Crippen LogP contribution in [0.4, 0.5) is 0 Å². The van der Waals surface area contributed by atoms with Crippen molar-refractivity contribution >= 4 is 23.4 Å². The Labute approximate surface area is 214 Å². The molecular formula is C29H28N2O4S. The average Bonchev–Trinajstić information content (AvgIpc) is 3.17. The smallest absolute Gasteiger partial charge is 0.338 e. The zero-order valence-electron chi connectivity index (χ0n) is 20.8. The van der Waals surface area contributed by atoms with Gasteiger partial charge in [0, 0.05) is 0 Å². The SMILES string of the molecule is C#CCOc1ccc(/C=c2\sc3n(c2=O)[C@H](c2ccc(C(C)C)cc2)C(C(=O)OCC)=C(C)N=3)cc1. The highest BCUT2D eigenvalue weighted by Gasteiger charge is 2.33. The van der Waals surface area contributed by atoms with E-state index in [0.717, 1.165) is 11.1 Å². The van der Waals surface area contributed by atoms with Crippen LogP contribution >= 0.6 is 11.3 Å². The fourth-order valence-corrected chi connectivity index (χ4v) is 5.15. The lowest BCUT2D eigenvalue weighted by molar-refractivity contribution is -0.139. The molecule has 2 heterocycles. The van der Waals surface area contributed by atoms with Crippen molar-refractivity contribution in [2.24, 2.45) is 4.99 Å². The van der Waals surface area contributed by atoms with Gasteiger partial charge in [-0.1, -0.05) is 67.5 Å². The summed E-state index contributed by atoms with van der Waals surface area (Å²) >= 11 is 1.30. The highest BCUT2D eigenvalue weighted by Crippen LogP contribution is 2.31. The van der Waals surface area contributed by atoms with Crippen molar-refractivity contribution in [3.63, 3.8) is 0 Å². The van der Waals surface area contributed by atoms with Gasteiger partial charge in [0.1, 0.15) is 12.4 Å². The molecule has 0 saturated carbocycles. The zero-order chi connectivity index (χ0) is 25.8. The van der Waals surface area contributed by atoms with Crippen molar-refractivity contribution < 1.29 is 14.3 Å². The third-order valence-corrected chi connectivity index (χ3v) is 6.92. The second-order valence-electron chi connectivity index (χ2n) is 8.69. The van der Waals surface area contributed by atoms with E-state index in [9.17, 15) is 9.59 Å². The van der Waals surface area contributed by atoms with Crippen LogP contribution in [0.15, 0.2) is 69.6 Å². The molecule has 0 bridgehead atoms. The summed E-state index contributed by atoms with van der Waals surface area (Å²) in [5.74, 6) is 3.00. The molecule has 1 aromatic heterocycles. The van der Waals surface area contributed by atoms with E-state index >= 15 is 0 Å². The number of aromatic nitrogens is 1. The molecule has 0 unspecified atom stereocenters. The lowest BCUT2D eigenvalue weighted by Gasteiger charge is -2.25. The van der Waals surface area contributed by atoms with Gasteiger partial charge >= 0.3 is 5.97 Å². The summed E-state index contributed by atoms with van der Waals surface area (Å²) in [6, 6.07) is 14.8. The second-order valence-corrected chi connectivity index (χ2v) is 9.69. The molecule has 6 nitrogen and oxygen atoms in total. The van der Waals surface area contributed by atoms with Gasteiger partial charge in [-0.2, -0.15) is 0 Å². The summed E-state index contributed by atoms with van der Waals surface area (Å²) in [7, 11) is 0. The number of carbonyl (C=O) groups excluding carboxylic acids is 1. The summed E-state index contributed by atoms with van der Waals surface area (Å²) in [6.45, 7) is 8.23. The Kier molecular flexibility index (Phi) is 7.56. The van der Waals surface area contributed by atoms with Crippen molar-refractivity contribution in [2.45, 2.75) is 39.7 Å². The van der Waals surface area contributed by atoms with Crippen LogP contribution in [0.1, 0.15) is 56.3 Å². The van der Waals surface area contributed by atoms with Crippen LogP contribution in [-0.2, 0) is 9.53 Å². The normalized spacial score (nSPS) is 15.3. The third-order valence-electron chi connectivity index (χ3n) is 5.94. The highest BCUT2D eigenvalue weighted by molar-refractivity contribution is 7.07. The Hall–Kier alpha value is -3.89. The van der Waals surface area contributed by atoms with Gasteiger partial charge in [-0.3, -0.25) is 9.36 Å². The summed E-state index contributed by atoms with van der Waals surface area (Å²) in [6.07, 6.45) is 7.06. The van der Waals surface area contributed by atoms with Crippen LogP contribution < -0.4 is 19.6 Å². The van der Waals surface area contributed by atoms with E-state index in [2.05, 4.69) is 24.8 Å². The highest BCUT2D eigenvalue weighted by atomic mass is 32.1. The first-order valence-electron chi connectivity index (χ1n) is 11.8. The number of terminal acetylenes is 1. The number of hydrogen-bond acceptors (Lipinski definition) is 6. The van der Waals surface area contributed by atoms with Gasteiger partial charge in [-0.15, -0.1) is 6.42 Å². The topological polar surface area (TPSA) is 69.9 Å². The first-order chi connectivity index (χ1) is 17.3. The van der Waals surface area contributed by atoms with E-state index in [1.165, 1.54) is 16.9 Å². The maximum Gasteiger partial charge on any atom is 0.338 e. The number of benzene rings is 2. The largest absolute Gasteiger partial charge is 0.481 e. The minimum atomic E-state index is -0.622. The van der Waals surface area contributed by atoms with Crippen molar-refractivity contribution in [1.82, 2.24) is 4.57 Å². The standard InChI is InChI=1S/C29H28N2O4S/c1-6-16-35-23-14-8-20(9-15-23)17-24-27(32)31-26(22-12-10-21(11-13-22)18(3)4)25(28(33)34-7-2)19(5)30-29(31)36-24/h1,8-15,17-18,26H,7,16H2,2-5H3/b24-17-/t26-/m1/s1. The van der Waals surface area contributed by atoms with Gasteiger partial charge in [0.15, 0.2) is 4.80 Å². The predicted octanol–water partition coefficient (Wildman–Crippen LogP) is 3.93. The molecule has 3 aromatic rings. The second kappa shape index (κ2) is 10.8. The molecule has 2 aromatic carbocycles. The van der Waals surface area contributed by atoms with E-state index in [4.69, 9.17) is 15.9 Å². The molecule has 0 radical (unpaired) electrons. The van der Waals surface area contributed by atoms with Gasteiger partial charge in [0.25, 0.3) is 5.56 Å². The molecule has 0 N–H and O–H groups in total. The molecule has 1 aliphatic heterocycles. The van der Waals surface area contributed by atoms with Gasteiger partial charge in [0.05, 0.1) is 28.5 Å². The maximum atomic E-state index is 13.7. The van der Waals surface area contributed by atoms with Crippen LogP contribution in [0, 0.1) is 12.3 Å². The third kappa shape index (κ3) is 5.05. The zero-order valence-corrected chi connectivity index (χ0v) is 21.6. The number of fused-ring (bicyclic) bond motifs is 1. The molecule has 0 fully saturated rings. The van der Waals surface area contributed by atoms with E-state index in [1.54, 1.807) is 18.4 Å². The van der Waals surface area contributed by atoms with Gasteiger partial charge < -0.3 is 9.47 Å². The number of rotatable bonds is 7. The Morgan fingerprint density at radius 2 is 1.89 bits per heavy atom. The molecule has 0 spiro atoms. The fraction of sp³-hybridized carbons (Fsp3) is 0.276. The molecule has 1 atom stereocenters. The monoisotopic (exact) mass is 500 g/mol. The van der Waals surface area contributed by atoms with E-state index in [0.29, 0.717) is 32.3 Å². The van der Waals surface area contributed by atoms with Crippen molar-refractivity contribution in [1.29, 1.82) is 0 Å². The number of allylic oxidation sites excluding steroid dienone is 1. The predicted molar refractivity (Wildman–Crippen MR) is 142 cm³/mol. The quantitative estimate of drug-likeness (QED) is 0.364. The summed E-state index contributed by atoms with van der Waals surface area (Å²) in [5, 5.41) is 0. The minimum Gasteiger partial charge on any atom is -0.481 e. The summed E-state index contributed by atoms with van der Waals surface area (Å²) in [4.78, 5) is 31.9. The molecule has 4 rings (SSSR count). The van der Waals surface area contributed by atoms with E-state index < -0.39 is 12.0 Å². The van der Waals surface area contributed by atoms with Gasteiger partial charge in [-0.25, -0.2) is 9.79 Å².